The largest absolute Gasteiger partial charge is 0.392 e. The van der Waals surface area contributed by atoms with Crippen molar-refractivity contribution >= 4 is 5.78 Å². The molecule has 15 heavy (non-hydrogen) atoms. The second kappa shape index (κ2) is 4.62. The summed E-state index contributed by atoms with van der Waals surface area (Å²) in [6.07, 6.45) is 3.76. The molecule has 1 saturated heterocycles. The monoisotopic (exact) mass is 211 g/mol. The number of hydrogen-bond donors (Lipinski definition) is 1. The van der Waals surface area contributed by atoms with Gasteiger partial charge in [0.25, 0.3) is 0 Å². The number of hydrogen-bond acceptors (Lipinski definition) is 3. The molecule has 2 aliphatic rings. The molecule has 0 aromatic heterocycles. The summed E-state index contributed by atoms with van der Waals surface area (Å²) >= 11 is 0. The van der Waals surface area contributed by atoms with E-state index < -0.39 is 0 Å². The van der Waals surface area contributed by atoms with E-state index in [2.05, 4.69) is 11.8 Å². The number of β-amino-alcohol motifs (C(OH)–C–C–N with tert-alkyl or cyclic N) is 1. The van der Waals surface area contributed by atoms with Gasteiger partial charge in [-0.3, -0.25) is 4.79 Å². The van der Waals surface area contributed by atoms with Crippen LogP contribution >= 0.6 is 0 Å². The zero-order valence-corrected chi connectivity index (χ0v) is 9.48. The number of aliphatic hydroxyl groups is 1. The highest BCUT2D eigenvalue weighted by Gasteiger charge is 2.30. The molecule has 86 valence electrons. The van der Waals surface area contributed by atoms with Crippen molar-refractivity contribution in [3.8, 4) is 0 Å². The van der Waals surface area contributed by atoms with E-state index in [9.17, 15) is 9.90 Å². The first-order valence-corrected chi connectivity index (χ1v) is 6.10. The molecule has 3 nitrogen and oxygen atoms in total. The lowest BCUT2D eigenvalue weighted by Gasteiger charge is -2.35. The van der Waals surface area contributed by atoms with Crippen molar-refractivity contribution in [3.05, 3.63) is 0 Å². The fourth-order valence-corrected chi connectivity index (χ4v) is 2.67. The summed E-state index contributed by atoms with van der Waals surface area (Å²) in [5.41, 5.74) is 0. The fraction of sp³-hybridized carbons (Fsp3) is 0.917. The van der Waals surface area contributed by atoms with Crippen LogP contribution in [-0.4, -0.2) is 41.5 Å². The zero-order chi connectivity index (χ0) is 10.8. The molecule has 0 radical (unpaired) electrons. The first kappa shape index (κ1) is 11.1. The first-order chi connectivity index (χ1) is 7.16. The number of Topliss-reactive ketones (excluding diaryl/α,β-unsaturated/α-hetero) is 1. The van der Waals surface area contributed by atoms with Gasteiger partial charge in [-0.2, -0.15) is 0 Å². The molecular weight excluding hydrogens is 190 g/mol. The van der Waals surface area contributed by atoms with E-state index in [4.69, 9.17) is 0 Å². The van der Waals surface area contributed by atoms with E-state index in [-0.39, 0.29) is 12.0 Å². The number of carbonyl (C=O) groups is 1. The summed E-state index contributed by atoms with van der Waals surface area (Å²) in [7, 11) is 0. The van der Waals surface area contributed by atoms with Crippen molar-refractivity contribution in [1.29, 1.82) is 0 Å². The van der Waals surface area contributed by atoms with Gasteiger partial charge in [-0.25, -0.2) is 0 Å². The molecule has 0 amide bonds. The second-order valence-electron chi connectivity index (χ2n) is 5.15. The molecule has 3 heteroatoms. The molecule has 0 aromatic carbocycles. The maximum Gasteiger partial charge on any atom is 0.137 e. The van der Waals surface area contributed by atoms with E-state index in [1.54, 1.807) is 0 Å². The van der Waals surface area contributed by atoms with Crippen molar-refractivity contribution in [2.75, 3.05) is 19.6 Å². The third-order valence-corrected chi connectivity index (χ3v) is 3.91. The van der Waals surface area contributed by atoms with Crippen LogP contribution in [0.3, 0.4) is 0 Å². The lowest BCUT2D eigenvalue weighted by molar-refractivity contribution is -0.121. The summed E-state index contributed by atoms with van der Waals surface area (Å²) < 4.78 is 0. The van der Waals surface area contributed by atoms with E-state index in [1.165, 1.54) is 0 Å². The molecule has 1 N–H and O–H groups in total. The predicted molar refractivity (Wildman–Crippen MR) is 58.6 cm³/mol. The Morgan fingerprint density at radius 1 is 1.47 bits per heavy atom. The summed E-state index contributed by atoms with van der Waals surface area (Å²) in [5, 5.41) is 9.76. The maximum atomic E-state index is 11.5. The molecule has 1 saturated carbocycles. The highest BCUT2D eigenvalue weighted by atomic mass is 16.3. The molecule has 0 spiro atoms. The van der Waals surface area contributed by atoms with Crippen LogP contribution in [0.2, 0.25) is 0 Å². The summed E-state index contributed by atoms with van der Waals surface area (Å²) in [6.45, 7) is 4.78. The van der Waals surface area contributed by atoms with Gasteiger partial charge in [0.05, 0.1) is 6.10 Å². The highest BCUT2D eigenvalue weighted by molar-refractivity contribution is 5.83. The number of aliphatic hydroxyl groups excluding tert-OH is 1. The second-order valence-corrected chi connectivity index (χ2v) is 5.15. The van der Waals surface area contributed by atoms with Crippen LogP contribution in [0, 0.1) is 11.8 Å². The van der Waals surface area contributed by atoms with Gasteiger partial charge in [0.1, 0.15) is 5.78 Å². The molecular formula is C12H21NO2. The lowest BCUT2D eigenvalue weighted by atomic mass is 9.95. The van der Waals surface area contributed by atoms with Crippen molar-refractivity contribution in [1.82, 2.24) is 4.90 Å². The third kappa shape index (κ3) is 2.58. The van der Waals surface area contributed by atoms with E-state index in [1.807, 2.05) is 0 Å². The normalized spacial score (nSPS) is 38.5. The molecule has 1 aliphatic heterocycles. The Morgan fingerprint density at radius 3 is 2.87 bits per heavy atom. The minimum Gasteiger partial charge on any atom is -0.392 e. The summed E-state index contributed by atoms with van der Waals surface area (Å²) in [5.74, 6) is 1.11. The molecule has 3 unspecified atom stereocenters. The first-order valence-electron chi connectivity index (χ1n) is 6.10. The smallest absolute Gasteiger partial charge is 0.137 e. The highest BCUT2D eigenvalue weighted by Crippen LogP contribution is 2.24. The van der Waals surface area contributed by atoms with Crippen molar-refractivity contribution in [3.63, 3.8) is 0 Å². The quantitative estimate of drug-likeness (QED) is 0.742. The zero-order valence-electron chi connectivity index (χ0n) is 9.48. The fourth-order valence-electron chi connectivity index (χ4n) is 2.67. The molecule has 1 aliphatic carbocycles. The number of piperidine rings is 1. The third-order valence-electron chi connectivity index (χ3n) is 3.91. The maximum absolute atomic E-state index is 11.5. The van der Waals surface area contributed by atoms with Crippen molar-refractivity contribution < 1.29 is 9.90 Å². The molecule has 0 aromatic rings. The minimum atomic E-state index is -0.199. The minimum absolute atomic E-state index is 0.199. The van der Waals surface area contributed by atoms with Gasteiger partial charge >= 0.3 is 0 Å². The standard InChI is InChI=1S/C12H21NO2/c1-9-5-6-13(8-12(9)15)7-10-3-2-4-11(10)14/h9-10,12,15H,2-8H2,1H3. The van der Waals surface area contributed by atoms with Gasteiger partial charge < -0.3 is 10.0 Å². The Labute approximate surface area is 91.5 Å². The number of likely N-dealkylation sites (tertiary alicyclic amines) is 1. The van der Waals surface area contributed by atoms with Gasteiger partial charge in [-0.1, -0.05) is 6.92 Å². The summed E-state index contributed by atoms with van der Waals surface area (Å²) in [6, 6.07) is 0. The van der Waals surface area contributed by atoms with Crippen LogP contribution in [0.1, 0.15) is 32.6 Å². The Kier molecular flexibility index (Phi) is 3.42. The van der Waals surface area contributed by atoms with Crippen LogP contribution in [0.4, 0.5) is 0 Å². The van der Waals surface area contributed by atoms with E-state index >= 15 is 0 Å². The summed E-state index contributed by atoms with van der Waals surface area (Å²) in [4.78, 5) is 13.8. The number of rotatable bonds is 2. The number of carbonyl (C=O) groups excluding carboxylic acids is 1. The van der Waals surface area contributed by atoms with Gasteiger partial charge in [-0.05, 0) is 31.7 Å². The Balaban J connectivity index is 1.82. The SMILES string of the molecule is CC1CCN(CC2CCCC2=O)CC1O. The van der Waals surface area contributed by atoms with E-state index in [0.29, 0.717) is 11.7 Å². The average molecular weight is 211 g/mol. The molecule has 2 fully saturated rings. The molecule has 3 atom stereocenters. The van der Waals surface area contributed by atoms with Gasteiger partial charge in [0.15, 0.2) is 0 Å². The topological polar surface area (TPSA) is 40.5 Å². The molecule has 1 heterocycles. The van der Waals surface area contributed by atoms with Crippen LogP contribution in [0.15, 0.2) is 0 Å². The van der Waals surface area contributed by atoms with Gasteiger partial charge in [0.2, 0.25) is 0 Å². The van der Waals surface area contributed by atoms with Gasteiger partial charge in [0, 0.05) is 25.4 Å². The lowest BCUT2D eigenvalue weighted by Crippen LogP contribution is -2.45. The van der Waals surface area contributed by atoms with Crippen LogP contribution in [0.25, 0.3) is 0 Å². The Bertz CT molecular complexity index is 242. The predicted octanol–water partition coefficient (Wildman–Crippen LogP) is 1.06. The Hall–Kier alpha value is -0.410. The van der Waals surface area contributed by atoms with Crippen LogP contribution in [-0.2, 0) is 4.79 Å². The van der Waals surface area contributed by atoms with Gasteiger partial charge in [-0.15, -0.1) is 0 Å². The van der Waals surface area contributed by atoms with Crippen LogP contribution in [0.5, 0.6) is 0 Å². The van der Waals surface area contributed by atoms with Crippen LogP contribution < -0.4 is 0 Å². The Morgan fingerprint density at radius 2 is 2.27 bits per heavy atom. The average Bonchev–Trinajstić information content (AvgIpc) is 2.59. The van der Waals surface area contributed by atoms with Crippen molar-refractivity contribution in [2.24, 2.45) is 11.8 Å². The number of ketones is 1. The van der Waals surface area contributed by atoms with Crippen molar-refractivity contribution in [2.45, 2.75) is 38.7 Å². The number of nitrogens with zero attached hydrogens (tertiary/aromatic N) is 1. The molecule has 0 bridgehead atoms. The van der Waals surface area contributed by atoms with E-state index in [0.717, 1.165) is 45.3 Å². The molecule has 2 rings (SSSR count).